The predicted molar refractivity (Wildman–Crippen MR) is 63.8 cm³/mol. The molecule has 0 fully saturated rings. The van der Waals surface area contributed by atoms with E-state index in [0.29, 0.717) is 0 Å². The first-order valence-electron chi connectivity index (χ1n) is 5.87. The Hall–Kier alpha value is -0.780. The Morgan fingerprint density at radius 2 is 1.79 bits per heavy atom. The average molecular weight is 190 g/mol. The van der Waals surface area contributed by atoms with E-state index in [4.69, 9.17) is 0 Å². The summed E-state index contributed by atoms with van der Waals surface area (Å²) in [7, 11) is 0. The summed E-state index contributed by atoms with van der Waals surface area (Å²) in [5.74, 6) is 0. The second-order valence-electron chi connectivity index (χ2n) is 4.07. The number of fused-ring (bicyclic) bond motifs is 1. The molecule has 0 aliphatic heterocycles. The minimum Gasteiger partial charge on any atom is -0.0654 e. The van der Waals surface area contributed by atoms with Crippen molar-refractivity contribution in [3.63, 3.8) is 0 Å². The van der Waals surface area contributed by atoms with Crippen LogP contribution in [0, 0.1) is 6.92 Å². The van der Waals surface area contributed by atoms with Crippen LogP contribution < -0.4 is 0 Å². The lowest BCUT2D eigenvalue weighted by molar-refractivity contribution is 0.886. The van der Waals surface area contributed by atoms with Crippen molar-refractivity contribution in [2.24, 2.45) is 0 Å². The Kier molecular flexibility index (Phi) is 4.72. The largest absolute Gasteiger partial charge is 0.0654 e. The van der Waals surface area contributed by atoms with Crippen LogP contribution in [0.25, 0.3) is 0 Å². The van der Waals surface area contributed by atoms with E-state index >= 15 is 0 Å². The van der Waals surface area contributed by atoms with Gasteiger partial charge in [-0.3, -0.25) is 0 Å². The smallest absolute Gasteiger partial charge is 0.0270 e. The first kappa shape index (κ1) is 11.3. The maximum absolute atomic E-state index is 2.26. The van der Waals surface area contributed by atoms with Gasteiger partial charge < -0.3 is 0 Å². The quantitative estimate of drug-likeness (QED) is 0.619. The number of hydrogen-bond acceptors (Lipinski definition) is 0. The lowest BCUT2D eigenvalue weighted by Gasteiger charge is -2.00. The van der Waals surface area contributed by atoms with Crippen molar-refractivity contribution in [2.45, 2.75) is 52.9 Å². The fraction of sp³-hybridized carbons (Fsp3) is 0.571. The van der Waals surface area contributed by atoms with Crippen LogP contribution in [0.2, 0.25) is 0 Å². The van der Waals surface area contributed by atoms with Gasteiger partial charge in [0.15, 0.2) is 0 Å². The summed E-state index contributed by atoms with van der Waals surface area (Å²) >= 11 is 0. The number of hydrogen-bond donors (Lipinski definition) is 0. The van der Waals surface area contributed by atoms with Crippen molar-refractivity contribution in [3.8, 4) is 0 Å². The zero-order chi connectivity index (χ0) is 10.4. The Morgan fingerprint density at radius 1 is 1.07 bits per heavy atom. The van der Waals surface area contributed by atoms with Crippen LogP contribution in [0.15, 0.2) is 18.2 Å². The molecule has 14 heavy (non-hydrogen) atoms. The van der Waals surface area contributed by atoms with Gasteiger partial charge >= 0.3 is 0 Å². The van der Waals surface area contributed by atoms with E-state index in [9.17, 15) is 0 Å². The molecule has 2 rings (SSSR count). The van der Waals surface area contributed by atoms with Gasteiger partial charge in [0.05, 0.1) is 0 Å². The van der Waals surface area contributed by atoms with Crippen molar-refractivity contribution in [1.29, 1.82) is 0 Å². The Bertz CT molecular complexity index is 271. The van der Waals surface area contributed by atoms with Gasteiger partial charge in [-0.05, 0) is 42.9 Å². The Balaban J connectivity index is 0.000000213. The summed E-state index contributed by atoms with van der Waals surface area (Å²) in [6, 6.07) is 6.64. The minimum atomic E-state index is 1.30. The fourth-order valence-corrected chi connectivity index (χ4v) is 1.81. The molecule has 0 N–H and O–H groups in total. The zero-order valence-corrected chi connectivity index (χ0v) is 9.77. The van der Waals surface area contributed by atoms with Crippen LogP contribution in [0.4, 0.5) is 0 Å². The van der Waals surface area contributed by atoms with Crippen LogP contribution in [-0.4, -0.2) is 0 Å². The number of aryl methyl sites for hydroxylation is 2. The molecule has 78 valence electrons. The van der Waals surface area contributed by atoms with E-state index in [2.05, 4.69) is 39.0 Å². The Labute approximate surface area is 88.4 Å². The molecule has 1 aromatic carbocycles. The number of rotatable bonds is 1. The van der Waals surface area contributed by atoms with E-state index in [-0.39, 0.29) is 0 Å². The molecule has 0 atom stereocenters. The first-order valence-corrected chi connectivity index (χ1v) is 5.87. The first-order chi connectivity index (χ1) is 6.79. The average Bonchev–Trinajstić information content (AvgIpc) is 2.68. The van der Waals surface area contributed by atoms with Gasteiger partial charge in [-0.15, -0.1) is 0 Å². The molecule has 0 aromatic heterocycles. The normalized spacial score (nSPS) is 13.1. The van der Waals surface area contributed by atoms with Crippen molar-refractivity contribution < 1.29 is 0 Å². The number of benzene rings is 1. The molecule has 0 heterocycles. The monoisotopic (exact) mass is 190 g/mol. The fourth-order valence-electron chi connectivity index (χ4n) is 1.81. The zero-order valence-electron chi connectivity index (χ0n) is 9.77. The van der Waals surface area contributed by atoms with Crippen molar-refractivity contribution in [3.05, 3.63) is 34.9 Å². The van der Waals surface area contributed by atoms with Gasteiger partial charge in [0.25, 0.3) is 0 Å². The topological polar surface area (TPSA) is 0 Å². The number of unbranched alkanes of at least 4 members (excludes halogenated alkanes) is 1. The molecule has 0 saturated heterocycles. The summed E-state index contributed by atoms with van der Waals surface area (Å²) in [4.78, 5) is 0. The van der Waals surface area contributed by atoms with Crippen LogP contribution in [0.3, 0.4) is 0 Å². The molecule has 0 bridgehead atoms. The van der Waals surface area contributed by atoms with Crippen molar-refractivity contribution in [2.75, 3.05) is 0 Å². The molecule has 0 heteroatoms. The minimum absolute atomic E-state index is 1.30. The summed E-state index contributed by atoms with van der Waals surface area (Å²) in [6.45, 7) is 6.57. The van der Waals surface area contributed by atoms with Gasteiger partial charge in [-0.1, -0.05) is 44.9 Å². The van der Waals surface area contributed by atoms with E-state index in [0.717, 1.165) is 0 Å². The highest BCUT2D eigenvalue weighted by Gasteiger charge is 2.10. The summed E-state index contributed by atoms with van der Waals surface area (Å²) in [5.41, 5.74) is 4.68. The molecular formula is C14H22. The molecule has 0 spiro atoms. The SMILES string of the molecule is CCCC.Cc1cccc2c1CCC2. The van der Waals surface area contributed by atoms with Crippen LogP contribution in [0.5, 0.6) is 0 Å². The van der Waals surface area contributed by atoms with Crippen LogP contribution in [0.1, 0.15) is 49.8 Å². The molecule has 0 amide bonds. The maximum Gasteiger partial charge on any atom is -0.0270 e. The highest BCUT2D eigenvalue weighted by molar-refractivity contribution is 5.37. The van der Waals surface area contributed by atoms with Crippen LogP contribution in [-0.2, 0) is 12.8 Å². The second-order valence-corrected chi connectivity index (χ2v) is 4.07. The molecular weight excluding hydrogens is 168 g/mol. The molecule has 1 aliphatic rings. The molecule has 1 aromatic rings. The molecule has 0 unspecified atom stereocenters. The third kappa shape index (κ3) is 2.87. The molecule has 0 radical (unpaired) electrons. The highest BCUT2D eigenvalue weighted by Crippen LogP contribution is 2.24. The van der Waals surface area contributed by atoms with Crippen molar-refractivity contribution >= 4 is 0 Å². The molecule has 0 nitrogen and oxygen atoms in total. The van der Waals surface area contributed by atoms with E-state index in [1.54, 1.807) is 11.1 Å². The summed E-state index contributed by atoms with van der Waals surface area (Å²) in [5, 5.41) is 0. The van der Waals surface area contributed by atoms with Gasteiger partial charge in [0.2, 0.25) is 0 Å². The maximum atomic E-state index is 2.26. The standard InChI is InChI=1S/C10H12.C4H10/c1-8-4-2-5-9-6-3-7-10(8)9;1-3-4-2/h2,4-5H,3,6-7H2,1H3;3-4H2,1-2H3. The summed E-state index contributed by atoms with van der Waals surface area (Å²) in [6.07, 6.45) is 6.61. The molecule has 0 saturated carbocycles. The van der Waals surface area contributed by atoms with E-state index < -0.39 is 0 Å². The second kappa shape index (κ2) is 5.85. The lowest BCUT2D eigenvalue weighted by Crippen LogP contribution is -1.84. The lowest BCUT2D eigenvalue weighted by atomic mass is 10.1. The third-order valence-electron chi connectivity index (χ3n) is 2.88. The van der Waals surface area contributed by atoms with E-state index in [1.165, 1.54) is 37.7 Å². The van der Waals surface area contributed by atoms with Gasteiger partial charge in [0, 0.05) is 0 Å². The Morgan fingerprint density at radius 3 is 2.36 bits per heavy atom. The van der Waals surface area contributed by atoms with Crippen LogP contribution >= 0.6 is 0 Å². The third-order valence-corrected chi connectivity index (χ3v) is 2.88. The molecule has 1 aliphatic carbocycles. The highest BCUT2D eigenvalue weighted by atomic mass is 14.2. The van der Waals surface area contributed by atoms with Gasteiger partial charge in [0.1, 0.15) is 0 Å². The van der Waals surface area contributed by atoms with E-state index in [1.807, 2.05) is 0 Å². The van der Waals surface area contributed by atoms with Gasteiger partial charge in [-0.25, -0.2) is 0 Å². The predicted octanol–water partition coefficient (Wildman–Crippen LogP) is 4.29. The van der Waals surface area contributed by atoms with Gasteiger partial charge in [-0.2, -0.15) is 0 Å². The van der Waals surface area contributed by atoms with Crippen molar-refractivity contribution in [1.82, 2.24) is 0 Å². The summed E-state index contributed by atoms with van der Waals surface area (Å²) < 4.78 is 0.